The molecule has 0 saturated heterocycles. The lowest BCUT2D eigenvalue weighted by Gasteiger charge is -2.15. The molecule has 26 heavy (non-hydrogen) atoms. The van der Waals surface area contributed by atoms with Crippen LogP contribution in [0.5, 0.6) is 17.2 Å². The highest BCUT2D eigenvalue weighted by atomic mass is 35.5. The van der Waals surface area contributed by atoms with Gasteiger partial charge in [0.05, 0.1) is 38.6 Å². The maximum absolute atomic E-state index is 12.3. The Balaban J connectivity index is 2.11. The molecule has 7 heteroatoms. The average molecular weight is 379 g/mol. The number of nitrogens with one attached hydrogen (secondary N) is 2. The lowest BCUT2D eigenvalue weighted by molar-refractivity contribution is -0.114. The van der Waals surface area contributed by atoms with Gasteiger partial charge in [-0.2, -0.15) is 0 Å². The predicted octanol–water partition coefficient (Wildman–Crippen LogP) is 4.03. The van der Waals surface area contributed by atoms with Crippen LogP contribution in [0.4, 0.5) is 11.4 Å². The Labute approximate surface area is 158 Å². The van der Waals surface area contributed by atoms with Crippen LogP contribution in [0.3, 0.4) is 0 Å². The van der Waals surface area contributed by atoms with Gasteiger partial charge in [-0.05, 0) is 31.0 Å². The topological polar surface area (TPSA) is 68.8 Å². The second kappa shape index (κ2) is 8.67. The molecular weight excluding hydrogens is 356 g/mol. The molecule has 2 aromatic carbocycles. The van der Waals surface area contributed by atoms with E-state index in [9.17, 15) is 4.79 Å². The molecule has 140 valence electrons. The molecule has 6 nitrogen and oxygen atoms in total. The molecule has 2 rings (SSSR count). The smallest absolute Gasteiger partial charge is 0.243 e. The fourth-order valence-electron chi connectivity index (χ4n) is 2.67. The molecule has 0 aliphatic carbocycles. The number of carbonyl (C=O) groups excluding carboxylic acids is 1. The van der Waals surface area contributed by atoms with Gasteiger partial charge >= 0.3 is 0 Å². The minimum atomic E-state index is -0.227. The van der Waals surface area contributed by atoms with Crippen LogP contribution in [-0.2, 0) is 4.79 Å². The van der Waals surface area contributed by atoms with E-state index in [0.29, 0.717) is 28.0 Å². The van der Waals surface area contributed by atoms with E-state index in [1.807, 2.05) is 26.0 Å². The molecule has 0 aliphatic rings. The molecule has 0 aliphatic heterocycles. The van der Waals surface area contributed by atoms with Gasteiger partial charge in [0.25, 0.3) is 0 Å². The summed E-state index contributed by atoms with van der Waals surface area (Å²) in [5.74, 6) is 1.17. The third-order valence-electron chi connectivity index (χ3n) is 3.81. The summed E-state index contributed by atoms with van der Waals surface area (Å²) in [4.78, 5) is 12.3. The van der Waals surface area contributed by atoms with Crippen molar-refractivity contribution in [1.82, 2.24) is 0 Å². The van der Waals surface area contributed by atoms with Crippen molar-refractivity contribution in [2.75, 3.05) is 38.5 Å². The van der Waals surface area contributed by atoms with E-state index in [1.54, 1.807) is 12.1 Å². The monoisotopic (exact) mass is 378 g/mol. The Hall–Kier alpha value is -2.60. The van der Waals surface area contributed by atoms with E-state index < -0.39 is 0 Å². The first-order valence-electron chi connectivity index (χ1n) is 8.00. The number of anilines is 2. The number of rotatable bonds is 7. The van der Waals surface area contributed by atoms with Gasteiger partial charge in [-0.3, -0.25) is 4.79 Å². The Morgan fingerprint density at radius 1 is 1.00 bits per heavy atom. The minimum Gasteiger partial charge on any atom is -0.493 e. The van der Waals surface area contributed by atoms with Crippen LogP contribution in [0, 0.1) is 13.8 Å². The molecule has 0 saturated carbocycles. The SMILES string of the molecule is COc1cc(NC(=O)CNc2c(C)cc(C)cc2Cl)cc(OC)c1OC. The van der Waals surface area contributed by atoms with Crippen LogP contribution < -0.4 is 24.8 Å². The lowest BCUT2D eigenvalue weighted by Crippen LogP contribution is -2.22. The molecule has 2 aromatic rings. The third kappa shape index (κ3) is 4.52. The van der Waals surface area contributed by atoms with Gasteiger partial charge < -0.3 is 24.8 Å². The average Bonchev–Trinajstić information content (AvgIpc) is 2.59. The van der Waals surface area contributed by atoms with Crippen LogP contribution in [-0.4, -0.2) is 33.8 Å². The van der Waals surface area contributed by atoms with Gasteiger partial charge in [-0.25, -0.2) is 0 Å². The molecule has 0 radical (unpaired) electrons. The summed E-state index contributed by atoms with van der Waals surface area (Å²) in [5.41, 5.74) is 3.34. The second-order valence-corrected chi connectivity index (χ2v) is 6.16. The van der Waals surface area contributed by atoms with Crippen LogP contribution in [0.2, 0.25) is 5.02 Å². The number of amides is 1. The Kier molecular flexibility index (Phi) is 6.58. The van der Waals surface area contributed by atoms with E-state index in [4.69, 9.17) is 25.8 Å². The lowest BCUT2D eigenvalue weighted by atomic mass is 10.1. The highest BCUT2D eigenvalue weighted by molar-refractivity contribution is 6.33. The molecule has 0 heterocycles. The molecule has 0 fully saturated rings. The number of hydrogen-bond donors (Lipinski definition) is 2. The van der Waals surface area contributed by atoms with Crippen LogP contribution in [0.15, 0.2) is 24.3 Å². The quantitative estimate of drug-likeness (QED) is 0.761. The van der Waals surface area contributed by atoms with Crippen molar-refractivity contribution in [2.24, 2.45) is 0 Å². The highest BCUT2D eigenvalue weighted by Crippen LogP contribution is 2.39. The summed E-state index contributed by atoms with van der Waals surface area (Å²) in [7, 11) is 4.56. The number of benzene rings is 2. The molecule has 0 spiro atoms. The van der Waals surface area contributed by atoms with Crippen molar-refractivity contribution in [3.8, 4) is 17.2 Å². The van der Waals surface area contributed by atoms with Gasteiger partial charge in [0, 0.05) is 17.8 Å². The van der Waals surface area contributed by atoms with E-state index in [0.717, 1.165) is 16.8 Å². The molecule has 0 unspecified atom stereocenters. The zero-order valence-electron chi connectivity index (χ0n) is 15.5. The normalized spacial score (nSPS) is 10.2. The van der Waals surface area contributed by atoms with E-state index in [1.165, 1.54) is 21.3 Å². The van der Waals surface area contributed by atoms with Crippen molar-refractivity contribution in [3.05, 3.63) is 40.4 Å². The summed E-state index contributed by atoms with van der Waals surface area (Å²) in [6, 6.07) is 7.20. The number of halogens is 1. The first-order valence-corrected chi connectivity index (χ1v) is 8.37. The molecule has 0 bridgehead atoms. The largest absolute Gasteiger partial charge is 0.493 e. The van der Waals surface area contributed by atoms with Gasteiger partial charge in [0.15, 0.2) is 11.5 Å². The van der Waals surface area contributed by atoms with Crippen molar-refractivity contribution < 1.29 is 19.0 Å². The number of carbonyl (C=O) groups is 1. The summed E-state index contributed by atoms with van der Waals surface area (Å²) < 4.78 is 15.8. The van der Waals surface area contributed by atoms with Crippen molar-refractivity contribution in [1.29, 1.82) is 0 Å². The van der Waals surface area contributed by atoms with Gasteiger partial charge in [-0.1, -0.05) is 17.7 Å². The Morgan fingerprint density at radius 2 is 1.62 bits per heavy atom. The molecule has 1 amide bonds. The molecule has 2 N–H and O–H groups in total. The maximum Gasteiger partial charge on any atom is 0.243 e. The summed E-state index contributed by atoms with van der Waals surface area (Å²) in [5, 5.41) is 6.47. The van der Waals surface area contributed by atoms with E-state index >= 15 is 0 Å². The van der Waals surface area contributed by atoms with E-state index in [-0.39, 0.29) is 12.5 Å². The van der Waals surface area contributed by atoms with Crippen molar-refractivity contribution in [2.45, 2.75) is 13.8 Å². The summed E-state index contributed by atoms with van der Waals surface area (Å²) >= 11 is 6.25. The summed E-state index contributed by atoms with van der Waals surface area (Å²) in [6.07, 6.45) is 0. The van der Waals surface area contributed by atoms with Crippen LogP contribution in [0.25, 0.3) is 0 Å². The fourth-order valence-corrected chi connectivity index (χ4v) is 3.05. The molecule has 0 aromatic heterocycles. The first-order chi connectivity index (χ1) is 12.4. The third-order valence-corrected chi connectivity index (χ3v) is 4.10. The van der Waals surface area contributed by atoms with Gasteiger partial charge in [-0.15, -0.1) is 0 Å². The number of hydrogen-bond acceptors (Lipinski definition) is 5. The Morgan fingerprint density at radius 3 is 2.12 bits per heavy atom. The zero-order valence-corrected chi connectivity index (χ0v) is 16.3. The van der Waals surface area contributed by atoms with Crippen LogP contribution in [0.1, 0.15) is 11.1 Å². The van der Waals surface area contributed by atoms with Crippen molar-refractivity contribution in [3.63, 3.8) is 0 Å². The van der Waals surface area contributed by atoms with Gasteiger partial charge in [0.1, 0.15) is 0 Å². The van der Waals surface area contributed by atoms with Crippen LogP contribution >= 0.6 is 11.6 Å². The number of aryl methyl sites for hydroxylation is 2. The first kappa shape index (κ1) is 19.7. The molecular formula is C19H23ClN2O4. The summed E-state index contributed by atoms with van der Waals surface area (Å²) in [6.45, 7) is 3.98. The number of methoxy groups -OCH3 is 3. The fraction of sp³-hybridized carbons (Fsp3) is 0.316. The molecule has 0 atom stereocenters. The minimum absolute atomic E-state index is 0.0697. The predicted molar refractivity (Wildman–Crippen MR) is 104 cm³/mol. The van der Waals surface area contributed by atoms with E-state index in [2.05, 4.69) is 10.6 Å². The standard InChI is InChI=1S/C19H23ClN2O4/c1-11-6-12(2)18(14(20)7-11)21-10-17(23)22-13-8-15(24-3)19(26-5)16(9-13)25-4/h6-9,21H,10H2,1-5H3,(H,22,23). The zero-order chi connectivity index (χ0) is 19.3. The maximum atomic E-state index is 12.3. The van der Waals surface area contributed by atoms with Crippen molar-refractivity contribution >= 4 is 28.9 Å². The highest BCUT2D eigenvalue weighted by Gasteiger charge is 2.15. The van der Waals surface area contributed by atoms with Gasteiger partial charge in [0.2, 0.25) is 11.7 Å². The Bertz CT molecular complexity index is 760. The second-order valence-electron chi connectivity index (χ2n) is 5.75. The number of ether oxygens (including phenoxy) is 3.